The quantitative estimate of drug-likeness (QED) is 0.479. The summed E-state index contributed by atoms with van der Waals surface area (Å²) in [6.07, 6.45) is 1.86. The van der Waals surface area contributed by atoms with Gasteiger partial charge in [0.05, 0.1) is 9.50 Å². The summed E-state index contributed by atoms with van der Waals surface area (Å²) in [6, 6.07) is 4.26. The van der Waals surface area contributed by atoms with Crippen LogP contribution < -0.4 is 10.1 Å². The summed E-state index contributed by atoms with van der Waals surface area (Å²) in [5, 5.41) is 3.49. The van der Waals surface area contributed by atoms with Crippen molar-refractivity contribution in [1.82, 2.24) is 9.97 Å². The van der Waals surface area contributed by atoms with Gasteiger partial charge in [-0.25, -0.2) is 9.37 Å². The van der Waals surface area contributed by atoms with E-state index in [0.29, 0.717) is 27.1 Å². The van der Waals surface area contributed by atoms with Crippen LogP contribution in [0, 0.1) is 5.82 Å². The van der Waals surface area contributed by atoms with E-state index in [1.165, 1.54) is 23.9 Å². The lowest BCUT2D eigenvalue weighted by Gasteiger charge is -2.10. The molecule has 0 radical (unpaired) electrons. The van der Waals surface area contributed by atoms with Crippen molar-refractivity contribution in [2.45, 2.75) is 5.16 Å². The van der Waals surface area contributed by atoms with E-state index in [1.807, 2.05) is 6.26 Å². The van der Waals surface area contributed by atoms with Crippen LogP contribution in [0.15, 0.2) is 27.8 Å². The predicted molar refractivity (Wildman–Crippen MR) is 82.5 cm³/mol. The van der Waals surface area contributed by atoms with Crippen molar-refractivity contribution in [2.75, 3.05) is 18.6 Å². The third kappa shape index (κ3) is 3.53. The molecule has 1 aromatic heterocycles. The molecule has 0 aliphatic rings. The van der Waals surface area contributed by atoms with Gasteiger partial charge < -0.3 is 10.1 Å². The minimum Gasteiger partial charge on any atom is -0.438 e. The second-order valence-corrected chi connectivity index (χ2v) is 5.66. The van der Waals surface area contributed by atoms with Gasteiger partial charge in [0.15, 0.2) is 5.16 Å². The molecule has 0 amide bonds. The van der Waals surface area contributed by atoms with E-state index in [-0.39, 0.29) is 5.02 Å². The Morgan fingerprint density at radius 2 is 2.10 bits per heavy atom. The molecule has 4 nitrogen and oxygen atoms in total. The number of halogens is 3. The number of nitrogens with zero attached hydrogens (tertiary/aromatic N) is 2. The number of benzene rings is 1. The normalized spacial score (nSPS) is 10.4. The Hall–Kier alpha value is -1.05. The molecule has 0 spiro atoms. The third-order valence-electron chi connectivity index (χ3n) is 2.31. The number of ether oxygens (including phenoxy) is 1. The average molecular weight is 379 g/mol. The molecule has 0 saturated carbocycles. The first-order valence-electron chi connectivity index (χ1n) is 5.46. The van der Waals surface area contributed by atoms with Gasteiger partial charge in [0.2, 0.25) is 5.88 Å². The van der Waals surface area contributed by atoms with Crippen molar-refractivity contribution in [3.63, 3.8) is 0 Å². The smallest absolute Gasteiger partial charge is 0.225 e. The van der Waals surface area contributed by atoms with Gasteiger partial charge in [-0.05, 0) is 28.3 Å². The number of aromatic nitrogens is 2. The van der Waals surface area contributed by atoms with Crippen LogP contribution >= 0.6 is 39.3 Å². The van der Waals surface area contributed by atoms with Gasteiger partial charge in [0, 0.05) is 19.2 Å². The predicted octanol–water partition coefficient (Wildman–Crippen LogP) is 4.59. The molecule has 1 heterocycles. The fourth-order valence-electron chi connectivity index (χ4n) is 1.37. The van der Waals surface area contributed by atoms with E-state index in [2.05, 4.69) is 31.2 Å². The molecule has 2 aromatic rings. The second kappa shape index (κ2) is 6.60. The first-order valence-corrected chi connectivity index (χ1v) is 7.86. The monoisotopic (exact) mass is 377 g/mol. The Kier molecular flexibility index (Phi) is 5.06. The van der Waals surface area contributed by atoms with Crippen molar-refractivity contribution in [3.8, 4) is 11.6 Å². The van der Waals surface area contributed by atoms with E-state index in [9.17, 15) is 4.39 Å². The summed E-state index contributed by atoms with van der Waals surface area (Å²) in [4.78, 5) is 8.42. The molecule has 0 saturated heterocycles. The standard InChI is InChI=1S/C12H10BrClFN3OS/c1-16-10-5-11(18-12(17-10)20-2)19-9-4-8(15)7(14)3-6(9)13/h3-5H,1-2H3,(H,16,17,18). The van der Waals surface area contributed by atoms with Crippen LogP contribution in [0.2, 0.25) is 5.02 Å². The lowest BCUT2D eigenvalue weighted by atomic mass is 10.3. The van der Waals surface area contributed by atoms with E-state index in [0.717, 1.165) is 0 Å². The second-order valence-electron chi connectivity index (χ2n) is 3.63. The number of anilines is 1. The largest absolute Gasteiger partial charge is 0.438 e. The lowest BCUT2D eigenvalue weighted by molar-refractivity contribution is 0.449. The minimum absolute atomic E-state index is 0.0210. The highest BCUT2D eigenvalue weighted by molar-refractivity contribution is 9.10. The van der Waals surface area contributed by atoms with Crippen molar-refractivity contribution >= 4 is 45.1 Å². The molecule has 0 unspecified atom stereocenters. The maximum absolute atomic E-state index is 13.5. The van der Waals surface area contributed by atoms with E-state index < -0.39 is 5.82 Å². The van der Waals surface area contributed by atoms with Gasteiger partial charge in [-0.2, -0.15) is 4.98 Å². The van der Waals surface area contributed by atoms with Crippen LogP contribution in [0.3, 0.4) is 0 Å². The van der Waals surface area contributed by atoms with Crippen LogP contribution in [-0.4, -0.2) is 23.3 Å². The Bertz CT molecular complexity index is 622. The average Bonchev–Trinajstić information content (AvgIpc) is 2.44. The number of thioether (sulfide) groups is 1. The van der Waals surface area contributed by atoms with Gasteiger partial charge in [0.25, 0.3) is 0 Å². The van der Waals surface area contributed by atoms with Crippen LogP contribution in [0.1, 0.15) is 0 Å². The van der Waals surface area contributed by atoms with Crippen LogP contribution in [-0.2, 0) is 0 Å². The molecule has 106 valence electrons. The van der Waals surface area contributed by atoms with Crippen LogP contribution in [0.25, 0.3) is 0 Å². The number of nitrogens with one attached hydrogen (secondary N) is 1. The summed E-state index contributed by atoms with van der Waals surface area (Å²) in [5.41, 5.74) is 0. The first-order chi connectivity index (χ1) is 9.53. The SMILES string of the molecule is CNc1cc(Oc2cc(F)c(Cl)cc2Br)nc(SC)n1. The Labute approximate surface area is 133 Å². The molecule has 0 fully saturated rings. The molecular formula is C12H10BrClFN3OS. The molecule has 0 aliphatic carbocycles. The highest BCUT2D eigenvalue weighted by atomic mass is 79.9. The molecular weight excluding hydrogens is 369 g/mol. The summed E-state index contributed by atoms with van der Waals surface area (Å²) < 4.78 is 19.6. The summed E-state index contributed by atoms with van der Waals surface area (Å²) in [7, 11) is 1.74. The Morgan fingerprint density at radius 1 is 1.35 bits per heavy atom. The molecule has 0 aliphatic heterocycles. The number of hydrogen-bond acceptors (Lipinski definition) is 5. The molecule has 1 N–H and O–H groups in total. The van der Waals surface area contributed by atoms with Gasteiger partial charge in [-0.3, -0.25) is 0 Å². The first kappa shape index (κ1) is 15.3. The summed E-state index contributed by atoms with van der Waals surface area (Å²) in [5.74, 6) is 0.665. The van der Waals surface area contributed by atoms with Crippen LogP contribution in [0.4, 0.5) is 10.2 Å². The molecule has 2 rings (SSSR count). The molecule has 0 bridgehead atoms. The zero-order chi connectivity index (χ0) is 14.7. The zero-order valence-corrected chi connectivity index (χ0v) is 13.7. The van der Waals surface area contributed by atoms with Crippen LogP contribution in [0.5, 0.6) is 11.6 Å². The Morgan fingerprint density at radius 3 is 2.75 bits per heavy atom. The van der Waals surface area contributed by atoms with Gasteiger partial charge in [0.1, 0.15) is 17.4 Å². The van der Waals surface area contributed by atoms with E-state index in [4.69, 9.17) is 16.3 Å². The fraction of sp³-hybridized carbons (Fsp3) is 0.167. The van der Waals surface area contributed by atoms with Crippen molar-refractivity contribution in [3.05, 3.63) is 33.5 Å². The highest BCUT2D eigenvalue weighted by Crippen LogP contribution is 2.34. The summed E-state index contributed by atoms with van der Waals surface area (Å²) in [6.45, 7) is 0. The minimum atomic E-state index is -0.558. The number of hydrogen-bond donors (Lipinski definition) is 1. The van der Waals surface area contributed by atoms with E-state index in [1.54, 1.807) is 13.1 Å². The molecule has 1 aromatic carbocycles. The molecule has 8 heteroatoms. The summed E-state index contributed by atoms with van der Waals surface area (Å²) >= 11 is 10.3. The number of rotatable bonds is 4. The fourth-order valence-corrected chi connectivity index (χ4v) is 2.46. The van der Waals surface area contributed by atoms with Gasteiger partial charge >= 0.3 is 0 Å². The molecule has 0 atom stereocenters. The van der Waals surface area contributed by atoms with E-state index >= 15 is 0 Å². The third-order valence-corrected chi connectivity index (χ3v) is 3.77. The maximum atomic E-state index is 13.5. The zero-order valence-electron chi connectivity index (χ0n) is 10.6. The van der Waals surface area contributed by atoms with Gasteiger partial charge in [-0.1, -0.05) is 23.4 Å². The highest BCUT2D eigenvalue weighted by Gasteiger charge is 2.11. The van der Waals surface area contributed by atoms with Gasteiger partial charge in [-0.15, -0.1) is 0 Å². The van der Waals surface area contributed by atoms with Crippen molar-refractivity contribution in [1.29, 1.82) is 0 Å². The lowest BCUT2D eigenvalue weighted by Crippen LogP contribution is -1.98. The maximum Gasteiger partial charge on any atom is 0.225 e. The Balaban J connectivity index is 2.36. The molecule has 20 heavy (non-hydrogen) atoms. The van der Waals surface area contributed by atoms with Crippen molar-refractivity contribution in [2.24, 2.45) is 0 Å². The van der Waals surface area contributed by atoms with Crippen molar-refractivity contribution < 1.29 is 9.13 Å². The topological polar surface area (TPSA) is 47.0 Å².